The van der Waals surface area contributed by atoms with Gasteiger partial charge in [-0.1, -0.05) is 30.7 Å². The second-order valence-electron chi connectivity index (χ2n) is 3.51. The van der Waals surface area contributed by atoms with Gasteiger partial charge in [-0.15, -0.1) is 12.1 Å². The topological polar surface area (TPSA) is 3.01 Å². The van der Waals surface area contributed by atoms with Crippen molar-refractivity contribution in [3.05, 3.63) is 65.3 Å². The molecule has 1 heteroatoms. The molecule has 1 aliphatic rings. The van der Waals surface area contributed by atoms with Gasteiger partial charge in [-0.3, -0.25) is 4.58 Å². The van der Waals surface area contributed by atoms with Gasteiger partial charge in [0.15, 0.2) is 0 Å². The minimum atomic E-state index is -2.13. The highest BCUT2D eigenvalue weighted by molar-refractivity contribution is 5.43. The molecule has 1 nitrogen and oxygen atoms in total. The second-order valence-corrected chi connectivity index (χ2v) is 3.51. The Kier molecular flexibility index (Phi) is 1.50. The van der Waals surface area contributed by atoms with Gasteiger partial charge in [0.05, 0.1) is 8.09 Å². The first-order chi connectivity index (χ1) is 8.79. The molecule has 1 aliphatic heterocycles. The van der Waals surface area contributed by atoms with Crippen LogP contribution in [-0.4, -0.2) is 11.3 Å². The predicted molar refractivity (Wildman–Crippen MR) is 63.8 cm³/mol. The van der Waals surface area contributed by atoms with E-state index in [9.17, 15) is 0 Å². The van der Waals surface area contributed by atoms with Gasteiger partial charge < -0.3 is 0 Å². The van der Waals surface area contributed by atoms with E-state index in [1.54, 1.807) is 28.9 Å². The van der Waals surface area contributed by atoms with Gasteiger partial charge in [0.1, 0.15) is 12.2 Å². The average molecular weight is 201 g/mol. The highest BCUT2D eigenvalue weighted by Crippen LogP contribution is 2.24. The first-order valence-electron chi connectivity index (χ1n) is 6.74. The van der Waals surface area contributed by atoms with Crippen LogP contribution in [0.1, 0.15) is 23.5 Å². The van der Waals surface area contributed by atoms with E-state index < -0.39 is 6.85 Å². The molecule has 0 N–H and O–H groups in total. The summed E-state index contributed by atoms with van der Waals surface area (Å²) in [7, 11) is 0. The monoisotopic (exact) mass is 201 g/mol. The molecular formula is C14H15N. The Bertz CT molecular complexity index is 582. The molecule has 15 heavy (non-hydrogen) atoms. The predicted octanol–water partition coefficient (Wildman–Crippen LogP) is 3.06. The zero-order valence-electron chi connectivity index (χ0n) is 12.6. The lowest BCUT2D eigenvalue weighted by Gasteiger charge is -2.19. The summed E-state index contributed by atoms with van der Waals surface area (Å²) in [6.45, 7) is 3.65. The van der Waals surface area contributed by atoms with Crippen molar-refractivity contribution < 1.29 is 10.1 Å². The Balaban J connectivity index is 2.34. The fourth-order valence-electron chi connectivity index (χ4n) is 1.59. The highest BCUT2D eigenvalue weighted by Gasteiger charge is 2.16. The van der Waals surface area contributed by atoms with E-state index in [-0.39, 0.29) is 5.57 Å². The number of aryl methyl sites for hydroxylation is 1. The van der Waals surface area contributed by atoms with Gasteiger partial charge in [0, 0.05) is 4.11 Å². The molecule has 0 radical (unpaired) electrons. The van der Waals surface area contributed by atoms with E-state index in [1.165, 1.54) is 6.20 Å². The minimum Gasteiger partial charge on any atom is -0.255 e. The van der Waals surface area contributed by atoms with Gasteiger partial charge in [-0.2, -0.15) is 0 Å². The van der Waals surface area contributed by atoms with Gasteiger partial charge >= 0.3 is 0 Å². The van der Waals surface area contributed by atoms with Crippen LogP contribution >= 0.6 is 0 Å². The molecule has 0 fully saturated rings. The van der Waals surface area contributed by atoms with E-state index in [0.29, 0.717) is 6.04 Å². The van der Waals surface area contributed by atoms with Crippen molar-refractivity contribution in [2.75, 3.05) is 0 Å². The maximum Gasteiger partial charge on any atom is 0.147 e. The number of rotatable bonds is 1. The first-order valence-corrected chi connectivity index (χ1v) is 4.74. The Labute approximate surface area is 96.7 Å². The molecule has 0 saturated carbocycles. The van der Waals surface area contributed by atoms with Gasteiger partial charge in [0.2, 0.25) is 0 Å². The molecule has 1 aromatic rings. The molecule has 1 aromatic carbocycles. The van der Waals surface area contributed by atoms with Crippen molar-refractivity contribution in [2.45, 2.75) is 13.8 Å². The zero-order valence-corrected chi connectivity index (χ0v) is 8.62. The number of benzene rings is 1. The molecule has 76 valence electrons. The lowest BCUT2D eigenvalue weighted by atomic mass is 9.98. The fourth-order valence-corrected chi connectivity index (χ4v) is 1.59. The summed E-state index contributed by atoms with van der Waals surface area (Å²) in [5, 5.41) is 0. The summed E-state index contributed by atoms with van der Waals surface area (Å²) in [4.78, 5) is 0. The van der Waals surface area contributed by atoms with Gasteiger partial charge in [-0.25, -0.2) is 0 Å². The molecule has 0 spiro atoms. The number of allylic oxidation sites excluding steroid dienone is 2. The second kappa shape index (κ2) is 3.77. The molecule has 0 aromatic heterocycles. The SMILES string of the molecule is [2H]c1ccc([C-]2C=CC(C([2H])([2H])[2H])=C[N+]2=C)c(C)c1. The third kappa shape index (κ3) is 1.86. The number of hydrogen-bond donors (Lipinski definition) is 0. The molecule has 2 rings (SSSR count). The lowest BCUT2D eigenvalue weighted by molar-refractivity contribution is -0.418. The van der Waals surface area contributed by atoms with E-state index in [1.807, 2.05) is 13.0 Å². The molecule has 1 heterocycles. The molecule has 0 atom stereocenters. The van der Waals surface area contributed by atoms with E-state index in [2.05, 4.69) is 6.72 Å². The average Bonchev–Trinajstić information content (AvgIpc) is 2.28. The van der Waals surface area contributed by atoms with Crippen LogP contribution in [0.2, 0.25) is 0 Å². The van der Waals surface area contributed by atoms with Crippen LogP contribution in [0.5, 0.6) is 0 Å². The van der Waals surface area contributed by atoms with Crippen LogP contribution in [0, 0.1) is 13.0 Å². The summed E-state index contributed by atoms with van der Waals surface area (Å²) in [6, 6.07) is 6.61. The third-order valence-electron chi connectivity index (χ3n) is 2.37. The Morgan fingerprint density at radius 3 is 3.07 bits per heavy atom. The van der Waals surface area contributed by atoms with E-state index >= 15 is 0 Å². The van der Waals surface area contributed by atoms with Gasteiger partial charge in [0.25, 0.3) is 0 Å². The normalized spacial score (nSPS) is 20.2. The Morgan fingerprint density at radius 2 is 2.40 bits per heavy atom. The minimum absolute atomic E-state index is 0.265. The molecular weight excluding hydrogens is 182 g/mol. The third-order valence-corrected chi connectivity index (χ3v) is 2.37. The molecule has 0 bridgehead atoms. The highest BCUT2D eigenvalue weighted by atomic mass is 15.0. The number of nitrogens with zero attached hydrogens (tertiary/aromatic N) is 1. The Hall–Kier alpha value is -1.76. The maximum absolute atomic E-state index is 7.57. The van der Waals surface area contributed by atoms with Crippen LogP contribution in [0.3, 0.4) is 0 Å². The van der Waals surface area contributed by atoms with Crippen LogP contribution in [0.25, 0.3) is 0 Å². The van der Waals surface area contributed by atoms with Crippen LogP contribution in [0.15, 0.2) is 48.2 Å². The largest absolute Gasteiger partial charge is 0.255 e. The molecule has 0 amide bonds. The van der Waals surface area contributed by atoms with Crippen LogP contribution in [0.4, 0.5) is 0 Å². The number of hydrogen-bond acceptors (Lipinski definition) is 0. The van der Waals surface area contributed by atoms with Gasteiger partial charge in [-0.05, 0) is 24.1 Å². The smallest absolute Gasteiger partial charge is 0.147 e. The van der Waals surface area contributed by atoms with Crippen molar-refractivity contribution in [3.63, 3.8) is 0 Å². The van der Waals surface area contributed by atoms with Crippen molar-refractivity contribution in [2.24, 2.45) is 0 Å². The summed E-state index contributed by atoms with van der Waals surface area (Å²) in [5.74, 6) is 0. The standard InChI is InChI=1S/C14H15N/c1-11-8-9-14(15(3)10-11)13-7-5-4-6-12(13)2/h4-10H,3H2,1-2H3/i1D3,4D. The fraction of sp³-hybridized carbons (Fsp3) is 0.143. The first kappa shape index (κ1) is 5.96. The molecule has 0 aliphatic carbocycles. The quantitative estimate of drug-likeness (QED) is 0.485. The summed E-state index contributed by atoms with van der Waals surface area (Å²) in [5.41, 5.74) is 2.18. The maximum atomic E-state index is 7.57. The van der Waals surface area contributed by atoms with E-state index in [4.69, 9.17) is 5.48 Å². The van der Waals surface area contributed by atoms with Crippen molar-refractivity contribution in [1.82, 2.24) is 0 Å². The van der Waals surface area contributed by atoms with Crippen molar-refractivity contribution in [1.29, 1.82) is 0 Å². The molecule has 0 saturated heterocycles. The van der Waals surface area contributed by atoms with Crippen molar-refractivity contribution >= 4 is 6.72 Å². The van der Waals surface area contributed by atoms with Crippen molar-refractivity contribution in [3.8, 4) is 0 Å². The summed E-state index contributed by atoms with van der Waals surface area (Å²) in [6.07, 6.45) is 4.87. The summed E-state index contributed by atoms with van der Waals surface area (Å²) >= 11 is 0. The summed E-state index contributed by atoms with van der Waals surface area (Å²) < 4.78 is 31.3. The molecule has 0 unspecified atom stereocenters. The zero-order chi connectivity index (χ0) is 14.2. The van der Waals surface area contributed by atoms with Crippen LogP contribution < -0.4 is 0 Å². The van der Waals surface area contributed by atoms with E-state index in [0.717, 1.165) is 17.2 Å². The lowest BCUT2D eigenvalue weighted by Crippen LogP contribution is -2.15. The Morgan fingerprint density at radius 1 is 1.53 bits per heavy atom. The van der Waals surface area contributed by atoms with Crippen LogP contribution in [-0.2, 0) is 0 Å².